The summed E-state index contributed by atoms with van der Waals surface area (Å²) in [6, 6.07) is 3.92. The molecule has 0 amide bonds. The van der Waals surface area contributed by atoms with Crippen molar-refractivity contribution in [2.75, 3.05) is 0 Å². The topological polar surface area (TPSA) is 51.8 Å². The van der Waals surface area contributed by atoms with E-state index in [9.17, 15) is 0 Å². The second-order valence-corrected chi connectivity index (χ2v) is 5.03. The molecule has 0 aliphatic carbocycles. The Morgan fingerprint density at radius 1 is 1.40 bits per heavy atom. The third-order valence-corrected chi connectivity index (χ3v) is 4.08. The van der Waals surface area contributed by atoms with Gasteiger partial charge in [-0.1, -0.05) is 0 Å². The first-order valence-corrected chi connectivity index (χ1v) is 6.18. The lowest BCUT2D eigenvalue weighted by atomic mass is 10.1. The fourth-order valence-corrected chi connectivity index (χ4v) is 2.88. The molecular weight excluding hydrogens is 274 g/mol. The highest BCUT2D eigenvalue weighted by molar-refractivity contribution is 9.10. The minimum absolute atomic E-state index is 0.0181. The van der Waals surface area contributed by atoms with Crippen LogP contribution in [0.4, 0.5) is 0 Å². The lowest BCUT2D eigenvalue weighted by Gasteiger charge is -2.09. The largest absolute Gasteiger partial charge is 0.324 e. The Morgan fingerprint density at radius 3 is 2.87 bits per heavy atom. The zero-order valence-corrected chi connectivity index (χ0v) is 10.3. The quantitative estimate of drug-likeness (QED) is 0.942. The summed E-state index contributed by atoms with van der Waals surface area (Å²) in [6.07, 6.45) is 4.20. The summed E-state index contributed by atoms with van der Waals surface area (Å²) in [4.78, 5) is 1.26. The minimum atomic E-state index is -0.0181. The van der Waals surface area contributed by atoms with Crippen LogP contribution < -0.4 is 5.73 Å². The van der Waals surface area contributed by atoms with Crippen LogP contribution in [0.3, 0.4) is 0 Å². The van der Waals surface area contributed by atoms with Crippen LogP contribution in [0.25, 0.3) is 0 Å². The number of thiophene rings is 1. The highest BCUT2D eigenvalue weighted by Crippen LogP contribution is 2.26. The van der Waals surface area contributed by atoms with Crippen molar-refractivity contribution in [2.45, 2.75) is 12.5 Å². The molecule has 0 spiro atoms. The highest BCUT2D eigenvalue weighted by atomic mass is 79.9. The van der Waals surface area contributed by atoms with Crippen molar-refractivity contribution in [2.24, 2.45) is 5.73 Å². The molecule has 1 unspecified atom stereocenters. The van der Waals surface area contributed by atoms with Crippen molar-refractivity contribution < 1.29 is 0 Å². The Bertz CT molecular complexity index is 429. The van der Waals surface area contributed by atoms with Gasteiger partial charge in [0.1, 0.15) is 0 Å². The SMILES string of the molecule is NC(Cc1sccc1Br)c1ccnnc1. The molecule has 2 rings (SSSR count). The molecule has 0 saturated carbocycles. The van der Waals surface area contributed by atoms with Crippen molar-refractivity contribution in [3.63, 3.8) is 0 Å². The number of nitrogens with zero attached hydrogens (tertiary/aromatic N) is 2. The number of halogens is 1. The Hall–Kier alpha value is -0.780. The molecule has 0 saturated heterocycles. The Morgan fingerprint density at radius 2 is 2.27 bits per heavy atom. The van der Waals surface area contributed by atoms with Crippen LogP contribution in [0.5, 0.6) is 0 Å². The standard InChI is InChI=1S/C10H10BrN3S/c11-8-2-4-15-10(8)5-9(12)7-1-3-13-14-6-7/h1-4,6,9H,5,12H2. The third-order valence-electron chi connectivity index (χ3n) is 2.13. The van der Waals surface area contributed by atoms with Crippen LogP contribution in [-0.2, 0) is 6.42 Å². The first-order valence-electron chi connectivity index (χ1n) is 4.51. The fourth-order valence-electron chi connectivity index (χ4n) is 1.31. The van der Waals surface area contributed by atoms with Gasteiger partial charge in [0.25, 0.3) is 0 Å². The lowest BCUT2D eigenvalue weighted by Crippen LogP contribution is -2.13. The number of aromatic nitrogens is 2. The molecule has 0 aliphatic rings. The Kier molecular flexibility index (Phi) is 3.45. The predicted molar refractivity (Wildman–Crippen MR) is 64.7 cm³/mol. The van der Waals surface area contributed by atoms with E-state index in [0.29, 0.717) is 0 Å². The van der Waals surface area contributed by atoms with Crippen molar-refractivity contribution in [1.82, 2.24) is 10.2 Å². The van der Waals surface area contributed by atoms with Gasteiger partial charge in [-0.25, -0.2) is 0 Å². The van der Waals surface area contributed by atoms with Gasteiger partial charge in [0.15, 0.2) is 0 Å². The van der Waals surface area contributed by atoms with Gasteiger partial charge in [-0.05, 0) is 39.0 Å². The smallest absolute Gasteiger partial charge is 0.0544 e. The molecule has 0 fully saturated rings. The van der Waals surface area contributed by atoms with E-state index >= 15 is 0 Å². The molecule has 2 N–H and O–H groups in total. The first kappa shape index (κ1) is 10.7. The Balaban J connectivity index is 2.11. The van der Waals surface area contributed by atoms with E-state index in [0.717, 1.165) is 16.5 Å². The van der Waals surface area contributed by atoms with Crippen LogP contribution in [0.1, 0.15) is 16.5 Å². The van der Waals surface area contributed by atoms with E-state index in [1.54, 1.807) is 23.7 Å². The van der Waals surface area contributed by atoms with Gasteiger partial charge in [-0.3, -0.25) is 0 Å². The fraction of sp³-hybridized carbons (Fsp3) is 0.200. The van der Waals surface area contributed by atoms with E-state index in [-0.39, 0.29) is 6.04 Å². The zero-order chi connectivity index (χ0) is 10.7. The second kappa shape index (κ2) is 4.83. The molecule has 0 aromatic carbocycles. The van der Waals surface area contributed by atoms with Gasteiger partial charge >= 0.3 is 0 Å². The number of hydrogen-bond donors (Lipinski definition) is 1. The van der Waals surface area contributed by atoms with E-state index in [1.165, 1.54) is 4.88 Å². The molecule has 2 heterocycles. The van der Waals surface area contributed by atoms with E-state index in [4.69, 9.17) is 5.73 Å². The van der Waals surface area contributed by atoms with Crippen LogP contribution in [0, 0.1) is 0 Å². The van der Waals surface area contributed by atoms with Gasteiger partial charge < -0.3 is 5.73 Å². The summed E-state index contributed by atoms with van der Waals surface area (Å²) in [5.74, 6) is 0. The number of hydrogen-bond acceptors (Lipinski definition) is 4. The van der Waals surface area contributed by atoms with Crippen LogP contribution in [0.2, 0.25) is 0 Å². The predicted octanol–water partition coefficient (Wildman–Crippen LogP) is 2.54. The van der Waals surface area contributed by atoms with Gasteiger partial charge in [-0.15, -0.1) is 11.3 Å². The van der Waals surface area contributed by atoms with Crippen molar-refractivity contribution in [3.8, 4) is 0 Å². The second-order valence-electron chi connectivity index (χ2n) is 3.18. The summed E-state index contributed by atoms with van der Waals surface area (Å²) in [7, 11) is 0. The lowest BCUT2D eigenvalue weighted by molar-refractivity contribution is 0.719. The maximum Gasteiger partial charge on any atom is 0.0544 e. The molecule has 15 heavy (non-hydrogen) atoms. The van der Waals surface area contributed by atoms with Crippen LogP contribution in [0.15, 0.2) is 34.4 Å². The van der Waals surface area contributed by atoms with Crippen LogP contribution in [-0.4, -0.2) is 10.2 Å². The van der Waals surface area contributed by atoms with Gasteiger partial charge in [0.2, 0.25) is 0 Å². The summed E-state index contributed by atoms with van der Waals surface area (Å²) in [5, 5.41) is 9.60. The van der Waals surface area contributed by atoms with Gasteiger partial charge in [0.05, 0.1) is 6.20 Å². The van der Waals surface area contributed by atoms with Gasteiger partial charge in [0, 0.05) is 28.0 Å². The maximum atomic E-state index is 6.07. The molecule has 0 aliphatic heterocycles. The average molecular weight is 284 g/mol. The molecular formula is C10H10BrN3S. The minimum Gasteiger partial charge on any atom is -0.324 e. The maximum absolute atomic E-state index is 6.07. The van der Waals surface area contributed by atoms with Gasteiger partial charge in [-0.2, -0.15) is 10.2 Å². The molecule has 0 radical (unpaired) electrons. The number of rotatable bonds is 3. The highest BCUT2D eigenvalue weighted by Gasteiger charge is 2.10. The zero-order valence-electron chi connectivity index (χ0n) is 7.93. The van der Waals surface area contributed by atoms with E-state index in [1.807, 2.05) is 12.1 Å². The van der Waals surface area contributed by atoms with Crippen molar-refractivity contribution in [3.05, 3.63) is 44.8 Å². The molecule has 78 valence electrons. The third kappa shape index (κ3) is 2.62. The summed E-state index contributed by atoms with van der Waals surface area (Å²) < 4.78 is 1.13. The monoisotopic (exact) mass is 283 g/mol. The van der Waals surface area contributed by atoms with E-state index in [2.05, 4.69) is 31.5 Å². The van der Waals surface area contributed by atoms with Crippen LogP contribution >= 0.6 is 27.3 Å². The molecule has 0 bridgehead atoms. The normalized spacial score (nSPS) is 12.7. The molecule has 5 heteroatoms. The van der Waals surface area contributed by atoms with Crippen molar-refractivity contribution >= 4 is 27.3 Å². The molecule has 2 aromatic heterocycles. The summed E-state index contributed by atoms with van der Waals surface area (Å²) in [6.45, 7) is 0. The van der Waals surface area contributed by atoms with E-state index < -0.39 is 0 Å². The molecule has 2 aromatic rings. The average Bonchev–Trinajstić information content (AvgIpc) is 2.66. The summed E-state index contributed by atoms with van der Waals surface area (Å²) in [5.41, 5.74) is 7.09. The Labute approximate surface area is 100 Å². The number of nitrogens with two attached hydrogens (primary N) is 1. The molecule has 1 atom stereocenters. The summed E-state index contributed by atoms with van der Waals surface area (Å²) >= 11 is 5.20. The van der Waals surface area contributed by atoms with Crippen molar-refractivity contribution in [1.29, 1.82) is 0 Å². The molecule has 3 nitrogen and oxygen atoms in total. The first-order chi connectivity index (χ1) is 7.27.